The van der Waals surface area contributed by atoms with Gasteiger partial charge in [-0.3, -0.25) is 0 Å². The van der Waals surface area contributed by atoms with E-state index in [2.05, 4.69) is 58.4 Å². The van der Waals surface area contributed by atoms with Crippen molar-refractivity contribution >= 4 is 27.7 Å². The molecule has 0 saturated carbocycles. The summed E-state index contributed by atoms with van der Waals surface area (Å²) in [5.74, 6) is 0.988. The topological polar surface area (TPSA) is 26.0 Å². The van der Waals surface area contributed by atoms with E-state index in [0.29, 0.717) is 6.54 Å². The van der Waals surface area contributed by atoms with Crippen molar-refractivity contribution in [2.24, 2.45) is 5.73 Å². The maximum atomic E-state index is 5.57. The van der Waals surface area contributed by atoms with Crippen LogP contribution in [0.2, 0.25) is 0 Å². The molecule has 0 spiro atoms. The van der Waals surface area contributed by atoms with Gasteiger partial charge in [-0.1, -0.05) is 40.2 Å². The highest BCUT2D eigenvalue weighted by molar-refractivity contribution is 9.10. The molecule has 0 aliphatic rings. The summed E-state index contributed by atoms with van der Waals surface area (Å²) in [5, 5.41) is 0. The maximum Gasteiger partial charge on any atom is 0.0232 e. The molecule has 2 rings (SSSR count). The van der Waals surface area contributed by atoms with Crippen LogP contribution in [-0.2, 0) is 12.3 Å². The van der Waals surface area contributed by atoms with E-state index in [0.717, 1.165) is 10.2 Å². The molecule has 2 aromatic carbocycles. The van der Waals surface area contributed by atoms with Gasteiger partial charge in [0.2, 0.25) is 0 Å². The smallest absolute Gasteiger partial charge is 0.0232 e. The zero-order valence-corrected chi connectivity index (χ0v) is 11.8. The van der Waals surface area contributed by atoms with Gasteiger partial charge in [0.05, 0.1) is 0 Å². The van der Waals surface area contributed by atoms with Crippen LogP contribution < -0.4 is 5.73 Å². The second-order valence-electron chi connectivity index (χ2n) is 3.77. The minimum absolute atomic E-state index is 0.608. The average Bonchev–Trinajstić information content (AvgIpc) is 2.37. The minimum Gasteiger partial charge on any atom is -0.326 e. The van der Waals surface area contributed by atoms with Gasteiger partial charge in [-0.15, -0.1) is 11.8 Å². The van der Waals surface area contributed by atoms with Crippen molar-refractivity contribution in [1.82, 2.24) is 0 Å². The average molecular weight is 308 g/mol. The van der Waals surface area contributed by atoms with Crippen LogP contribution in [0, 0.1) is 0 Å². The number of halogens is 1. The van der Waals surface area contributed by atoms with Crippen molar-refractivity contribution in [2.45, 2.75) is 17.2 Å². The zero-order valence-electron chi connectivity index (χ0n) is 9.40. The van der Waals surface area contributed by atoms with Crippen molar-refractivity contribution in [1.29, 1.82) is 0 Å². The van der Waals surface area contributed by atoms with Crippen molar-refractivity contribution in [3.05, 3.63) is 64.1 Å². The molecule has 0 bridgehead atoms. The number of hydrogen-bond acceptors (Lipinski definition) is 2. The van der Waals surface area contributed by atoms with Crippen molar-refractivity contribution in [2.75, 3.05) is 0 Å². The van der Waals surface area contributed by atoms with Gasteiger partial charge < -0.3 is 5.73 Å². The van der Waals surface area contributed by atoms with Crippen molar-refractivity contribution in [3.63, 3.8) is 0 Å². The lowest BCUT2D eigenvalue weighted by Gasteiger charge is -2.03. The third kappa shape index (κ3) is 3.87. The van der Waals surface area contributed by atoms with E-state index in [1.165, 1.54) is 16.0 Å². The molecule has 17 heavy (non-hydrogen) atoms. The molecule has 88 valence electrons. The van der Waals surface area contributed by atoms with Gasteiger partial charge in [0, 0.05) is 21.7 Å². The molecule has 0 radical (unpaired) electrons. The van der Waals surface area contributed by atoms with Crippen molar-refractivity contribution < 1.29 is 0 Å². The highest BCUT2D eigenvalue weighted by Crippen LogP contribution is 2.24. The summed E-state index contributed by atoms with van der Waals surface area (Å²) >= 11 is 5.32. The lowest BCUT2D eigenvalue weighted by atomic mass is 10.2. The quantitative estimate of drug-likeness (QED) is 0.857. The molecular weight excluding hydrogens is 294 g/mol. The molecule has 0 heterocycles. The first-order valence-corrected chi connectivity index (χ1v) is 7.22. The van der Waals surface area contributed by atoms with E-state index in [1.807, 2.05) is 17.8 Å². The molecule has 1 nitrogen and oxygen atoms in total. The van der Waals surface area contributed by atoms with Crippen molar-refractivity contribution in [3.8, 4) is 0 Å². The summed E-state index contributed by atoms with van der Waals surface area (Å²) in [6.07, 6.45) is 0. The molecule has 2 aromatic rings. The van der Waals surface area contributed by atoms with E-state index >= 15 is 0 Å². The van der Waals surface area contributed by atoms with E-state index in [1.54, 1.807) is 0 Å². The first kappa shape index (κ1) is 12.7. The Labute approximate surface area is 115 Å². The van der Waals surface area contributed by atoms with Crippen LogP contribution in [0.15, 0.2) is 57.9 Å². The highest BCUT2D eigenvalue weighted by atomic mass is 79.9. The SMILES string of the molecule is NCc1ccc(SCc2cccc(Br)c2)cc1. The first-order valence-electron chi connectivity index (χ1n) is 5.44. The fraction of sp³-hybridized carbons (Fsp3) is 0.143. The second kappa shape index (κ2) is 6.24. The van der Waals surface area contributed by atoms with Gasteiger partial charge >= 0.3 is 0 Å². The van der Waals surface area contributed by atoms with E-state index in [9.17, 15) is 0 Å². The summed E-state index contributed by atoms with van der Waals surface area (Å²) < 4.78 is 1.13. The maximum absolute atomic E-state index is 5.57. The zero-order chi connectivity index (χ0) is 12.1. The third-order valence-electron chi connectivity index (χ3n) is 2.45. The molecule has 0 saturated heterocycles. The van der Waals surface area contributed by atoms with Crippen LogP contribution in [0.1, 0.15) is 11.1 Å². The lowest BCUT2D eigenvalue weighted by molar-refractivity contribution is 1.07. The van der Waals surface area contributed by atoms with E-state index in [4.69, 9.17) is 5.73 Å². The van der Waals surface area contributed by atoms with Crippen LogP contribution in [0.3, 0.4) is 0 Å². The fourth-order valence-corrected chi connectivity index (χ4v) is 2.80. The van der Waals surface area contributed by atoms with Crippen LogP contribution in [0.25, 0.3) is 0 Å². The Kier molecular flexibility index (Phi) is 4.66. The van der Waals surface area contributed by atoms with Gasteiger partial charge in [-0.25, -0.2) is 0 Å². The molecular formula is C14H14BrNS. The predicted molar refractivity (Wildman–Crippen MR) is 78.0 cm³/mol. The van der Waals surface area contributed by atoms with Gasteiger partial charge in [0.1, 0.15) is 0 Å². The third-order valence-corrected chi connectivity index (χ3v) is 4.03. The Morgan fingerprint density at radius 1 is 1.00 bits per heavy atom. The first-order chi connectivity index (χ1) is 8.28. The molecule has 0 aliphatic heterocycles. The molecule has 0 amide bonds. The molecule has 0 fully saturated rings. The van der Waals surface area contributed by atoms with E-state index in [-0.39, 0.29) is 0 Å². The highest BCUT2D eigenvalue weighted by Gasteiger charge is 1.97. The Bertz CT molecular complexity index is 482. The molecule has 0 unspecified atom stereocenters. The molecule has 0 aliphatic carbocycles. The van der Waals surface area contributed by atoms with Gasteiger partial charge in [0.15, 0.2) is 0 Å². The van der Waals surface area contributed by atoms with Crippen LogP contribution >= 0.6 is 27.7 Å². The molecule has 0 aromatic heterocycles. The molecule has 3 heteroatoms. The molecule has 0 atom stereocenters. The predicted octanol–water partition coefficient (Wildman–Crippen LogP) is 4.20. The summed E-state index contributed by atoms with van der Waals surface area (Å²) in [4.78, 5) is 1.28. The number of hydrogen-bond donors (Lipinski definition) is 1. The summed E-state index contributed by atoms with van der Waals surface area (Å²) in [7, 11) is 0. The second-order valence-corrected chi connectivity index (χ2v) is 5.73. The Hall–Kier alpha value is -0.770. The lowest BCUT2D eigenvalue weighted by Crippen LogP contribution is -1.94. The summed E-state index contributed by atoms with van der Waals surface area (Å²) in [5.41, 5.74) is 8.07. The van der Waals surface area contributed by atoms with Gasteiger partial charge in [-0.05, 0) is 35.4 Å². The monoisotopic (exact) mass is 307 g/mol. The number of thioether (sulfide) groups is 1. The fourth-order valence-electron chi connectivity index (χ4n) is 1.52. The normalized spacial score (nSPS) is 10.5. The summed E-state index contributed by atoms with van der Waals surface area (Å²) in [6, 6.07) is 16.8. The number of benzene rings is 2. The van der Waals surface area contributed by atoms with Gasteiger partial charge in [0.25, 0.3) is 0 Å². The minimum atomic E-state index is 0.608. The Balaban J connectivity index is 1.97. The number of nitrogens with two attached hydrogens (primary N) is 1. The van der Waals surface area contributed by atoms with Gasteiger partial charge in [-0.2, -0.15) is 0 Å². The van der Waals surface area contributed by atoms with Crippen LogP contribution in [-0.4, -0.2) is 0 Å². The largest absolute Gasteiger partial charge is 0.326 e. The van der Waals surface area contributed by atoms with Crippen LogP contribution in [0.5, 0.6) is 0 Å². The summed E-state index contributed by atoms with van der Waals surface area (Å²) in [6.45, 7) is 0.608. The standard InChI is InChI=1S/C14H14BrNS/c15-13-3-1-2-12(8-13)10-17-14-6-4-11(9-16)5-7-14/h1-8H,9-10,16H2. The Morgan fingerprint density at radius 3 is 2.41 bits per heavy atom. The van der Waals surface area contributed by atoms with E-state index < -0.39 is 0 Å². The molecule has 2 N–H and O–H groups in total. The Morgan fingerprint density at radius 2 is 1.76 bits per heavy atom. The van der Waals surface area contributed by atoms with Crippen LogP contribution in [0.4, 0.5) is 0 Å². The number of rotatable bonds is 4.